The third kappa shape index (κ3) is 5.99. The highest BCUT2D eigenvalue weighted by Gasteiger charge is 2.33. The lowest BCUT2D eigenvalue weighted by molar-refractivity contribution is -0.134. The van der Waals surface area contributed by atoms with Gasteiger partial charge in [-0.3, -0.25) is 0 Å². The van der Waals surface area contributed by atoms with Gasteiger partial charge < -0.3 is 20.2 Å². The van der Waals surface area contributed by atoms with Gasteiger partial charge in [0.05, 0.1) is 5.60 Å². The molecule has 2 fully saturated rings. The van der Waals surface area contributed by atoms with Gasteiger partial charge in [0.25, 0.3) is 0 Å². The van der Waals surface area contributed by atoms with Crippen LogP contribution in [0.5, 0.6) is 0 Å². The number of aliphatic carboxylic acids is 2. The lowest BCUT2D eigenvalue weighted by Gasteiger charge is -2.37. The predicted octanol–water partition coefficient (Wildman–Crippen LogP) is 2.19. The molecule has 0 radical (unpaired) electrons. The van der Waals surface area contributed by atoms with Crippen LogP contribution in [-0.2, 0) is 15.2 Å². The fourth-order valence-corrected chi connectivity index (χ4v) is 2.90. The molecule has 6 nitrogen and oxygen atoms in total. The van der Waals surface area contributed by atoms with E-state index < -0.39 is 17.5 Å². The van der Waals surface area contributed by atoms with Crippen molar-refractivity contribution in [1.29, 1.82) is 0 Å². The topological polar surface area (TPSA) is 98.1 Å². The van der Waals surface area contributed by atoms with Crippen molar-refractivity contribution in [2.45, 2.75) is 37.2 Å². The van der Waals surface area contributed by atoms with Gasteiger partial charge in [0.15, 0.2) is 0 Å². The summed E-state index contributed by atoms with van der Waals surface area (Å²) in [4.78, 5) is 21.4. The summed E-state index contributed by atoms with van der Waals surface area (Å²) < 4.78 is 0. The normalized spacial score (nSPS) is 19.9. The number of carboxylic acids is 2. The summed E-state index contributed by atoms with van der Waals surface area (Å²) in [6, 6.07) is 8.70. The average Bonchev–Trinajstić information content (AvgIpc) is 3.42. The lowest BCUT2D eigenvalue weighted by Crippen LogP contribution is -2.40. The van der Waals surface area contributed by atoms with E-state index in [1.165, 1.54) is 18.4 Å². The van der Waals surface area contributed by atoms with E-state index in [2.05, 4.69) is 36.2 Å². The number of rotatable bonds is 4. The van der Waals surface area contributed by atoms with Gasteiger partial charge in [0.1, 0.15) is 0 Å². The number of likely N-dealkylation sites (tertiary alicyclic amines) is 1. The molecule has 0 bridgehead atoms. The third-order valence-electron chi connectivity index (χ3n) is 4.68. The number of hydrogen-bond donors (Lipinski definition) is 3. The van der Waals surface area contributed by atoms with Crippen LogP contribution >= 0.6 is 0 Å². The molecule has 0 aromatic heterocycles. The van der Waals surface area contributed by atoms with Gasteiger partial charge in [-0.1, -0.05) is 24.3 Å². The molecule has 2 aliphatic rings. The first kappa shape index (κ1) is 19.1. The standard InChI is InChI=1S/C15H21NO.C4H4O4/c1-16-10-8-15(17,9-11-16)14-6-4-13(5-7-14)12-2-3-12;5-3(6)1-2-4(7)8/h4-7,12,17H,2-3,8-11H2,1H3;1-2H,(H,5,6)(H,7,8)/b;2-1+. The molecule has 1 aliphatic carbocycles. The van der Waals surface area contributed by atoms with Crippen LogP contribution in [0, 0.1) is 0 Å². The first-order valence-electron chi connectivity index (χ1n) is 8.45. The SMILES string of the molecule is CN1CCC(O)(c2ccc(C3CC3)cc2)CC1.O=C(O)/C=C/C(=O)O. The molecule has 0 unspecified atom stereocenters. The number of benzene rings is 1. The molecule has 1 aromatic carbocycles. The quantitative estimate of drug-likeness (QED) is 0.722. The van der Waals surface area contributed by atoms with E-state index in [0.29, 0.717) is 12.2 Å². The zero-order valence-corrected chi connectivity index (χ0v) is 14.4. The van der Waals surface area contributed by atoms with Crippen molar-refractivity contribution >= 4 is 11.9 Å². The Hall–Kier alpha value is -2.18. The van der Waals surface area contributed by atoms with Gasteiger partial charge in [-0.15, -0.1) is 0 Å². The second-order valence-electron chi connectivity index (χ2n) is 6.74. The van der Waals surface area contributed by atoms with E-state index >= 15 is 0 Å². The molecule has 25 heavy (non-hydrogen) atoms. The number of carboxylic acid groups (broad SMARTS) is 2. The highest BCUT2D eigenvalue weighted by molar-refractivity contribution is 5.89. The molecule has 1 aliphatic heterocycles. The van der Waals surface area contributed by atoms with Crippen molar-refractivity contribution in [3.63, 3.8) is 0 Å². The van der Waals surface area contributed by atoms with E-state index in [-0.39, 0.29) is 0 Å². The van der Waals surface area contributed by atoms with Crippen LogP contribution in [0.25, 0.3) is 0 Å². The molecule has 1 heterocycles. The minimum absolute atomic E-state index is 0.558. The maximum atomic E-state index is 10.7. The summed E-state index contributed by atoms with van der Waals surface area (Å²) in [5.74, 6) is -1.71. The van der Waals surface area contributed by atoms with Crippen LogP contribution < -0.4 is 0 Å². The fraction of sp³-hybridized carbons (Fsp3) is 0.474. The van der Waals surface area contributed by atoms with Gasteiger partial charge in [-0.2, -0.15) is 0 Å². The molecule has 136 valence electrons. The first-order chi connectivity index (χ1) is 11.8. The van der Waals surface area contributed by atoms with E-state index in [0.717, 1.165) is 37.4 Å². The Kier molecular flexibility index (Phi) is 6.33. The van der Waals surface area contributed by atoms with E-state index in [4.69, 9.17) is 10.2 Å². The Balaban J connectivity index is 0.000000242. The summed E-state index contributed by atoms with van der Waals surface area (Å²) in [5, 5.41) is 26.3. The molecule has 0 amide bonds. The van der Waals surface area contributed by atoms with Crippen molar-refractivity contribution in [2.75, 3.05) is 20.1 Å². The number of piperidine rings is 1. The van der Waals surface area contributed by atoms with Gasteiger partial charge in [-0.05, 0) is 49.8 Å². The Morgan fingerprint density at radius 3 is 1.92 bits per heavy atom. The highest BCUT2D eigenvalue weighted by atomic mass is 16.4. The van der Waals surface area contributed by atoms with E-state index in [9.17, 15) is 14.7 Å². The minimum Gasteiger partial charge on any atom is -0.478 e. The van der Waals surface area contributed by atoms with Gasteiger partial charge >= 0.3 is 11.9 Å². The maximum absolute atomic E-state index is 10.7. The number of aliphatic hydroxyl groups is 1. The average molecular weight is 347 g/mol. The van der Waals surface area contributed by atoms with Crippen molar-refractivity contribution in [3.8, 4) is 0 Å². The van der Waals surface area contributed by atoms with Crippen molar-refractivity contribution in [1.82, 2.24) is 4.90 Å². The Morgan fingerprint density at radius 1 is 1.04 bits per heavy atom. The fourth-order valence-electron chi connectivity index (χ4n) is 2.90. The number of carbonyl (C=O) groups is 2. The number of hydrogen-bond acceptors (Lipinski definition) is 4. The summed E-state index contributed by atoms with van der Waals surface area (Å²) >= 11 is 0. The van der Waals surface area contributed by atoms with Crippen LogP contribution in [0.4, 0.5) is 0 Å². The van der Waals surface area contributed by atoms with Crippen molar-refractivity contribution in [3.05, 3.63) is 47.5 Å². The van der Waals surface area contributed by atoms with Gasteiger partial charge in [0, 0.05) is 25.2 Å². The molecule has 1 aromatic rings. The zero-order valence-electron chi connectivity index (χ0n) is 14.4. The van der Waals surface area contributed by atoms with Crippen LogP contribution in [0.1, 0.15) is 42.7 Å². The predicted molar refractivity (Wildman–Crippen MR) is 93.5 cm³/mol. The molecule has 3 rings (SSSR count). The summed E-state index contributed by atoms with van der Waals surface area (Å²) in [5.41, 5.74) is 1.97. The molecular weight excluding hydrogens is 322 g/mol. The Morgan fingerprint density at radius 2 is 1.52 bits per heavy atom. The van der Waals surface area contributed by atoms with Crippen LogP contribution in [0.2, 0.25) is 0 Å². The largest absolute Gasteiger partial charge is 0.478 e. The van der Waals surface area contributed by atoms with Crippen LogP contribution in [0.3, 0.4) is 0 Å². The van der Waals surface area contributed by atoms with Gasteiger partial charge in [0.2, 0.25) is 0 Å². The molecule has 3 N–H and O–H groups in total. The van der Waals surface area contributed by atoms with E-state index in [1.807, 2.05) is 0 Å². The van der Waals surface area contributed by atoms with Crippen molar-refractivity contribution in [2.24, 2.45) is 0 Å². The lowest BCUT2D eigenvalue weighted by atomic mass is 9.84. The summed E-state index contributed by atoms with van der Waals surface area (Å²) in [7, 11) is 2.12. The molecule has 0 spiro atoms. The maximum Gasteiger partial charge on any atom is 0.328 e. The minimum atomic E-state index is -1.26. The van der Waals surface area contributed by atoms with Crippen LogP contribution in [-0.4, -0.2) is 52.3 Å². The molecule has 6 heteroatoms. The first-order valence-corrected chi connectivity index (χ1v) is 8.45. The highest BCUT2D eigenvalue weighted by Crippen LogP contribution is 2.41. The van der Waals surface area contributed by atoms with Crippen molar-refractivity contribution < 1.29 is 24.9 Å². The molecule has 1 saturated heterocycles. The monoisotopic (exact) mass is 347 g/mol. The second-order valence-corrected chi connectivity index (χ2v) is 6.74. The second kappa shape index (κ2) is 8.27. The smallest absolute Gasteiger partial charge is 0.328 e. The molecule has 0 atom stereocenters. The number of nitrogens with zero attached hydrogens (tertiary/aromatic N) is 1. The molecular formula is C19H25NO5. The van der Waals surface area contributed by atoms with Gasteiger partial charge in [-0.25, -0.2) is 9.59 Å². The zero-order chi connectivity index (χ0) is 18.4. The summed E-state index contributed by atoms with van der Waals surface area (Å²) in [6.45, 7) is 1.97. The van der Waals surface area contributed by atoms with E-state index in [1.54, 1.807) is 0 Å². The summed E-state index contributed by atoms with van der Waals surface area (Å²) in [6.07, 6.45) is 5.51. The Bertz CT molecular complexity index is 610. The van der Waals surface area contributed by atoms with Crippen LogP contribution in [0.15, 0.2) is 36.4 Å². The Labute approximate surface area is 147 Å². The molecule has 1 saturated carbocycles. The third-order valence-corrected chi connectivity index (χ3v) is 4.68.